The molecule has 0 aliphatic heterocycles. The van der Waals surface area contributed by atoms with Crippen LogP contribution in [-0.2, 0) is 0 Å². The predicted octanol–water partition coefficient (Wildman–Crippen LogP) is 4.60. The molecule has 0 saturated carbocycles. The van der Waals surface area contributed by atoms with Gasteiger partial charge >= 0.3 is 0 Å². The van der Waals surface area contributed by atoms with Crippen LogP contribution in [0.5, 0.6) is 0 Å². The van der Waals surface area contributed by atoms with Gasteiger partial charge in [0.05, 0.1) is 6.04 Å². The van der Waals surface area contributed by atoms with E-state index in [-0.39, 0.29) is 17.6 Å². The minimum absolute atomic E-state index is 0.100. The number of rotatable bonds is 4. The number of amides is 1. The fourth-order valence-electron chi connectivity index (χ4n) is 2.23. The van der Waals surface area contributed by atoms with Crippen molar-refractivity contribution < 1.29 is 9.32 Å². The Morgan fingerprint density at radius 1 is 1.13 bits per heavy atom. The van der Waals surface area contributed by atoms with Crippen molar-refractivity contribution in [2.24, 2.45) is 0 Å². The van der Waals surface area contributed by atoms with Crippen molar-refractivity contribution in [2.75, 3.05) is 0 Å². The molecule has 23 heavy (non-hydrogen) atoms. The minimum Gasteiger partial charge on any atom is -0.355 e. The summed E-state index contributed by atoms with van der Waals surface area (Å²) in [7, 11) is 0. The smallest absolute Gasteiger partial charge is 0.273 e. The molecule has 3 aromatic rings. The normalized spacial score (nSPS) is 11.9. The molecule has 5 heteroatoms. The number of hydrogen-bond donors (Lipinski definition) is 1. The largest absolute Gasteiger partial charge is 0.355 e. The van der Waals surface area contributed by atoms with Crippen LogP contribution in [-0.4, -0.2) is 11.1 Å². The Balaban J connectivity index is 1.72. The van der Waals surface area contributed by atoms with Gasteiger partial charge in [0.2, 0.25) is 0 Å². The van der Waals surface area contributed by atoms with Gasteiger partial charge in [0.15, 0.2) is 11.5 Å². The van der Waals surface area contributed by atoms with Gasteiger partial charge in [-0.25, -0.2) is 0 Å². The molecule has 1 atom stereocenters. The maximum atomic E-state index is 12.3. The van der Waals surface area contributed by atoms with Crippen LogP contribution in [0.2, 0.25) is 0 Å². The van der Waals surface area contributed by atoms with E-state index in [9.17, 15) is 4.79 Å². The molecule has 2 aromatic carbocycles. The van der Waals surface area contributed by atoms with Crippen LogP contribution < -0.4 is 5.32 Å². The van der Waals surface area contributed by atoms with Crippen LogP contribution in [0, 0.1) is 0 Å². The van der Waals surface area contributed by atoms with Gasteiger partial charge in [0, 0.05) is 16.1 Å². The molecule has 0 spiro atoms. The molecular weight excluding hydrogens is 356 g/mol. The van der Waals surface area contributed by atoms with Gasteiger partial charge in [-0.3, -0.25) is 4.79 Å². The number of nitrogens with one attached hydrogen (secondary N) is 1. The molecule has 0 bridgehead atoms. The molecule has 0 fully saturated rings. The molecule has 1 aromatic heterocycles. The van der Waals surface area contributed by atoms with Gasteiger partial charge in [-0.15, -0.1) is 0 Å². The van der Waals surface area contributed by atoms with Crippen LogP contribution in [0.3, 0.4) is 0 Å². The maximum absolute atomic E-state index is 12.3. The Labute approximate surface area is 142 Å². The third kappa shape index (κ3) is 3.68. The van der Waals surface area contributed by atoms with E-state index in [4.69, 9.17) is 4.52 Å². The number of halogens is 1. The molecule has 0 unspecified atom stereocenters. The van der Waals surface area contributed by atoms with E-state index in [0.29, 0.717) is 5.76 Å². The lowest BCUT2D eigenvalue weighted by atomic mass is 10.1. The van der Waals surface area contributed by atoms with Crippen molar-refractivity contribution in [3.8, 4) is 11.3 Å². The number of benzene rings is 2. The molecule has 0 aliphatic carbocycles. The zero-order valence-electron chi connectivity index (χ0n) is 12.5. The second-order valence-electron chi connectivity index (χ2n) is 5.19. The molecule has 1 N–H and O–H groups in total. The zero-order chi connectivity index (χ0) is 16.2. The van der Waals surface area contributed by atoms with Crippen LogP contribution in [0.25, 0.3) is 11.3 Å². The summed E-state index contributed by atoms with van der Waals surface area (Å²) in [5, 5.41) is 6.78. The van der Waals surface area contributed by atoms with Crippen molar-refractivity contribution in [2.45, 2.75) is 13.0 Å². The topological polar surface area (TPSA) is 55.1 Å². The number of carbonyl (C=O) groups excluding carboxylic acids is 1. The van der Waals surface area contributed by atoms with E-state index < -0.39 is 0 Å². The molecule has 116 valence electrons. The molecular formula is C18H15BrN2O2. The highest BCUT2D eigenvalue weighted by atomic mass is 79.9. The van der Waals surface area contributed by atoms with Crippen molar-refractivity contribution in [3.63, 3.8) is 0 Å². The average Bonchev–Trinajstić information content (AvgIpc) is 3.06. The summed E-state index contributed by atoms with van der Waals surface area (Å²) >= 11 is 3.39. The molecule has 0 aliphatic rings. The fraction of sp³-hybridized carbons (Fsp3) is 0.111. The number of aromatic nitrogens is 1. The van der Waals surface area contributed by atoms with Gasteiger partial charge in [-0.1, -0.05) is 63.6 Å². The number of hydrogen-bond acceptors (Lipinski definition) is 3. The van der Waals surface area contributed by atoms with E-state index >= 15 is 0 Å². The van der Waals surface area contributed by atoms with E-state index in [1.165, 1.54) is 0 Å². The Hall–Kier alpha value is -2.40. The Kier molecular flexibility index (Phi) is 4.57. The highest BCUT2D eigenvalue weighted by Crippen LogP contribution is 2.22. The van der Waals surface area contributed by atoms with Crippen molar-refractivity contribution >= 4 is 21.8 Å². The zero-order valence-corrected chi connectivity index (χ0v) is 14.1. The van der Waals surface area contributed by atoms with Crippen LogP contribution in [0.1, 0.15) is 29.0 Å². The maximum Gasteiger partial charge on any atom is 0.273 e. The van der Waals surface area contributed by atoms with Crippen LogP contribution >= 0.6 is 15.9 Å². The highest BCUT2D eigenvalue weighted by Gasteiger charge is 2.16. The van der Waals surface area contributed by atoms with Gasteiger partial charge in [-0.05, 0) is 24.6 Å². The average molecular weight is 371 g/mol. The van der Waals surface area contributed by atoms with Crippen LogP contribution in [0.4, 0.5) is 0 Å². The first-order chi connectivity index (χ1) is 11.1. The van der Waals surface area contributed by atoms with Crippen LogP contribution in [0.15, 0.2) is 69.7 Å². The fourth-order valence-corrected chi connectivity index (χ4v) is 2.49. The summed E-state index contributed by atoms with van der Waals surface area (Å²) in [6.45, 7) is 1.93. The van der Waals surface area contributed by atoms with E-state index in [1.807, 2.05) is 61.5 Å². The minimum atomic E-state index is -0.256. The lowest BCUT2D eigenvalue weighted by Crippen LogP contribution is -2.26. The summed E-state index contributed by atoms with van der Waals surface area (Å²) < 4.78 is 6.25. The Morgan fingerprint density at radius 3 is 2.52 bits per heavy atom. The van der Waals surface area contributed by atoms with Crippen molar-refractivity contribution in [3.05, 3.63) is 76.4 Å². The summed E-state index contributed by atoms with van der Waals surface area (Å²) in [6.07, 6.45) is 0. The summed E-state index contributed by atoms with van der Waals surface area (Å²) in [6, 6.07) is 19.0. The van der Waals surface area contributed by atoms with Crippen molar-refractivity contribution in [1.82, 2.24) is 10.5 Å². The monoisotopic (exact) mass is 370 g/mol. The van der Waals surface area contributed by atoms with E-state index in [2.05, 4.69) is 26.4 Å². The second kappa shape index (κ2) is 6.79. The molecule has 0 radical (unpaired) electrons. The third-order valence-corrected chi connectivity index (χ3v) is 4.05. The predicted molar refractivity (Wildman–Crippen MR) is 92.0 cm³/mol. The molecule has 1 amide bonds. The van der Waals surface area contributed by atoms with Gasteiger partial charge in [0.1, 0.15) is 0 Å². The SMILES string of the molecule is C[C@H](NC(=O)c1cc(-c2ccc(Br)cc2)on1)c1ccccc1. The van der Waals surface area contributed by atoms with E-state index in [0.717, 1.165) is 15.6 Å². The quantitative estimate of drug-likeness (QED) is 0.730. The highest BCUT2D eigenvalue weighted by molar-refractivity contribution is 9.10. The van der Waals surface area contributed by atoms with Gasteiger partial charge in [-0.2, -0.15) is 0 Å². The van der Waals surface area contributed by atoms with Gasteiger partial charge < -0.3 is 9.84 Å². The summed E-state index contributed by atoms with van der Waals surface area (Å²) in [5.74, 6) is 0.309. The number of carbonyl (C=O) groups is 1. The lowest BCUT2D eigenvalue weighted by molar-refractivity contribution is 0.0931. The summed E-state index contributed by atoms with van der Waals surface area (Å²) in [5.41, 5.74) is 2.18. The first kappa shape index (κ1) is 15.5. The molecule has 1 heterocycles. The summed E-state index contributed by atoms with van der Waals surface area (Å²) in [4.78, 5) is 12.3. The third-order valence-electron chi connectivity index (χ3n) is 3.52. The number of nitrogens with zero attached hydrogens (tertiary/aromatic N) is 1. The van der Waals surface area contributed by atoms with Gasteiger partial charge in [0.25, 0.3) is 5.91 Å². The Bertz CT molecular complexity index is 797. The molecule has 3 rings (SSSR count). The first-order valence-electron chi connectivity index (χ1n) is 7.22. The lowest BCUT2D eigenvalue weighted by Gasteiger charge is -2.12. The standard InChI is InChI=1S/C18H15BrN2O2/c1-12(13-5-3-2-4-6-13)20-18(22)16-11-17(23-21-16)14-7-9-15(19)10-8-14/h2-12H,1H3,(H,20,22)/t12-/m0/s1. The second-order valence-corrected chi connectivity index (χ2v) is 6.10. The Morgan fingerprint density at radius 2 is 1.83 bits per heavy atom. The molecule has 0 saturated heterocycles. The first-order valence-corrected chi connectivity index (χ1v) is 8.01. The van der Waals surface area contributed by atoms with E-state index in [1.54, 1.807) is 6.07 Å². The molecule has 4 nitrogen and oxygen atoms in total. The van der Waals surface area contributed by atoms with Crippen molar-refractivity contribution in [1.29, 1.82) is 0 Å².